The van der Waals surface area contributed by atoms with Gasteiger partial charge in [-0.1, -0.05) is 141 Å². The van der Waals surface area contributed by atoms with Crippen LogP contribution >= 0.6 is 11.3 Å². The fourth-order valence-corrected chi connectivity index (χ4v) is 12.2. The first-order valence-corrected chi connectivity index (χ1v) is 22.4. The Morgan fingerprint density at radius 1 is 0.435 bits per heavy atom. The second kappa shape index (κ2) is 13.3. The highest BCUT2D eigenvalue weighted by atomic mass is 32.1. The molecule has 3 heterocycles. The van der Waals surface area contributed by atoms with Crippen molar-refractivity contribution < 1.29 is 0 Å². The highest BCUT2D eigenvalue weighted by molar-refractivity contribution is 7.26. The van der Waals surface area contributed by atoms with Gasteiger partial charge in [0.2, 0.25) is 0 Å². The number of para-hydroxylation sites is 3. The van der Waals surface area contributed by atoms with Crippen molar-refractivity contribution in [2.45, 2.75) is 19.3 Å². The summed E-state index contributed by atoms with van der Waals surface area (Å²) in [6.07, 6.45) is 0. The minimum Gasteiger partial charge on any atom is -0.311 e. The molecule has 5 heteroatoms. The topological polar surface area (TPSA) is 9.72 Å². The van der Waals surface area contributed by atoms with Gasteiger partial charge in [-0.2, -0.15) is 0 Å². The second-order valence-corrected chi connectivity index (χ2v) is 18.3. The van der Waals surface area contributed by atoms with Crippen LogP contribution in [0.5, 0.6) is 0 Å². The van der Waals surface area contributed by atoms with Crippen LogP contribution in [0.2, 0.25) is 0 Å². The SMILES string of the molecule is CC1(C)c2ccccc2-c2cccc(N3c4cc(N(c5ccccc5)c5ccccc5)ccc4B4c5ccccc5N(c5cccc6sc7ccccc7c56)c5cccc3c54)c21. The van der Waals surface area contributed by atoms with Crippen molar-refractivity contribution >= 4 is 106 Å². The van der Waals surface area contributed by atoms with Gasteiger partial charge in [-0.3, -0.25) is 0 Å². The van der Waals surface area contributed by atoms with Gasteiger partial charge in [-0.25, -0.2) is 0 Å². The van der Waals surface area contributed by atoms with Gasteiger partial charge < -0.3 is 14.7 Å². The van der Waals surface area contributed by atoms with E-state index in [1.165, 1.54) is 92.9 Å². The lowest BCUT2D eigenvalue weighted by molar-refractivity contribution is 0.661. The third kappa shape index (κ3) is 4.94. The molecule has 0 saturated heterocycles. The van der Waals surface area contributed by atoms with E-state index in [0.29, 0.717) is 0 Å². The molecular formula is C57H40BN3S. The standard InChI is InChI=1S/C57H40BN3S/c1-57(2)43-25-11-9-22-40(43)41-24-15-29-48(55(41)57)61-50-31-16-30-49-56(50)58(45-35-34-39(36-51(45)61)59(37-18-5-3-6-19-37)38-20-7-4-8-21-38)44-26-12-13-27-46(44)60(49)47-28-17-33-53-54(47)42-23-10-14-32-52(42)62-53/h3-36H,1-2H3. The number of rotatable bonds is 5. The van der Waals surface area contributed by atoms with E-state index >= 15 is 0 Å². The Morgan fingerprint density at radius 2 is 1.00 bits per heavy atom. The van der Waals surface area contributed by atoms with Crippen molar-refractivity contribution in [1.29, 1.82) is 0 Å². The first-order chi connectivity index (χ1) is 30.6. The molecule has 13 rings (SSSR count). The molecule has 1 aromatic heterocycles. The Bertz CT molecular complexity index is 3390. The summed E-state index contributed by atoms with van der Waals surface area (Å²) in [5, 5.41) is 2.61. The molecular weight excluding hydrogens is 770 g/mol. The normalized spacial score (nSPS) is 14.0. The van der Waals surface area contributed by atoms with Crippen LogP contribution in [0.3, 0.4) is 0 Å². The summed E-state index contributed by atoms with van der Waals surface area (Å²) >= 11 is 1.88. The van der Waals surface area contributed by atoms with Gasteiger partial charge in [0.15, 0.2) is 0 Å². The fraction of sp³-hybridized carbons (Fsp3) is 0.0526. The van der Waals surface area contributed by atoms with Crippen molar-refractivity contribution in [3.63, 3.8) is 0 Å². The lowest BCUT2D eigenvalue weighted by Gasteiger charge is -2.45. The molecule has 0 radical (unpaired) electrons. The van der Waals surface area contributed by atoms with Crippen LogP contribution in [0.15, 0.2) is 206 Å². The quantitative estimate of drug-likeness (QED) is 0.160. The number of hydrogen-bond acceptors (Lipinski definition) is 4. The predicted molar refractivity (Wildman–Crippen MR) is 266 cm³/mol. The number of benzene rings is 9. The van der Waals surface area contributed by atoms with Gasteiger partial charge in [-0.15, -0.1) is 11.3 Å². The molecule has 0 fully saturated rings. The monoisotopic (exact) mass is 809 g/mol. The minimum atomic E-state index is -0.222. The molecule has 0 N–H and O–H groups in total. The highest BCUT2D eigenvalue weighted by Gasteiger charge is 2.46. The van der Waals surface area contributed by atoms with Crippen LogP contribution < -0.4 is 31.1 Å². The Kier molecular flexibility index (Phi) is 7.62. The molecule has 0 bridgehead atoms. The van der Waals surface area contributed by atoms with Crippen LogP contribution in [0.1, 0.15) is 25.0 Å². The lowest BCUT2D eigenvalue weighted by Crippen LogP contribution is -2.61. The Hall–Kier alpha value is -7.34. The molecule has 9 aromatic carbocycles. The van der Waals surface area contributed by atoms with Crippen molar-refractivity contribution in [2.24, 2.45) is 0 Å². The summed E-state index contributed by atoms with van der Waals surface area (Å²) in [4.78, 5) is 7.56. The molecule has 0 atom stereocenters. The summed E-state index contributed by atoms with van der Waals surface area (Å²) in [5.74, 6) is 0. The third-order valence-corrected chi connectivity index (χ3v) is 14.7. The maximum atomic E-state index is 2.61. The predicted octanol–water partition coefficient (Wildman–Crippen LogP) is 13.9. The molecule has 10 aromatic rings. The number of anilines is 9. The molecule has 2 aliphatic heterocycles. The van der Waals surface area contributed by atoms with E-state index in [9.17, 15) is 0 Å². The van der Waals surface area contributed by atoms with E-state index in [4.69, 9.17) is 0 Å². The van der Waals surface area contributed by atoms with Gasteiger partial charge in [0, 0.05) is 65.4 Å². The van der Waals surface area contributed by atoms with Crippen LogP contribution in [0.4, 0.5) is 51.2 Å². The summed E-state index contributed by atoms with van der Waals surface area (Å²) in [6, 6.07) is 76.5. The van der Waals surface area contributed by atoms with Gasteiger partial charge >= 0.3 is 0 Å². The molecule has 0 unspecified atom stereocenters. The molecule has 3 nitrogen and oxygen atoms in total. The Balaban J connectivity index is 1.11. The lowest BCUT2D eigenvalue weighted by atomic mass is 9.33. The van der Waals surface area contributed by atoms with Crippen molar-refractivity contribution in [3.8, 4) is 11.1 Å². The molecule has 1 aliphatic carbocycles. The van der Waals surface area contributed by atoms with Crippen LogP contribution in [0, 0.1) is 0 Å². The zero-order valence-electron chi connectivity index (χ0n) is 34.5. The average molecular weight is 810 g/mol. The largest absolute Gasteiger partial charge is 0.311 e. The number of hydrogen-bond donors (Lipinski definition) is 0. The van der Waals surface area contributed by atoms with E-state index in [2.05, 4.69) is 235 Å². The smallest absolute Gasteiger partial charge is 0.252 e. The van der Waals surface area contributed by atoms with E-state index in [0.717, 1.165) is 17.1 Å². The van der Waals surface area contributed by atoms with E-state index in [-0.39, 0.29) is 12.1 Å². The van der Waals surface area contributed by atoms with Gasteiger partial charge in [0.05, 0.1) is 11.4 Å². The summed E-state index contributed by atoms with van der Waals surface area (Å²) < 4.78 is 2.61. The van der Waals surface area contributed by atoms with Crippen LogP contribution in [0.25, 0.3) is 31.3 Å². The van der Waals surface area contributed by atoms with Gasteiger partial charge in [-0.05, 0) is 118 Å². The molecule has 62 heavy (non-hydrogen) atoms. The number of fused-ring (bicyclic) bond motifs is 10. The number of thiophene rings is 1. The van der Waals surface area contributed by atoms with E-state index < -0.39 is 0 Å². The zero-order chi connectivity index (χ0) is 41.1. The van der Waals surface area contributed by atoms with E-state index in [1.54, 1.807) is 0 Å². The minimum absolute atomic E-state index is 0.0104. The maximum absolute atomic E-state index is 2.61. The number of nitrogens with zero attached hydrogens (tertiary/aromatic N) is 3. The maximum Gasteiger partial charge on any atom is 0.252 e. The Labute approximate surface area is 366 Å². The molecule has 0 spiro atoms. The second-order valence-electron chi connectivity index (χ2n) is 17.2. The first-order valence-electron chi connectivity index (χ1n) is 21.6. The fourth-order valence-electron chi connectivity index (χ4n) is 11.1. The molecule has 0 amide bonds. The van der Waals surface area contributed by atoms with E-state index in [1.807, 2.05) is 11.3 Å². The molecule has 3 aliphatic rings. The van der Waals surface area contributed by atoms with Crippen LogP contribution in [-0.4, -0.2) is 6.71 Å². The van der Waals surface area contributed by atoms with Crippen molar-refractivity contribution in [2.75, 3.05) is 14.7 Å². The first kappa shape index (κ1) is 35.4. The van der Waals surface area contributed by atoms with Crippen LogP contribution in [-0.2, 0) is 5.41 Å². The van der Waals surface area contributed by atoms with Gasteiger partial charge in [0.25, 0.3) is 6.71 Å². The zero-order valence-corrected chi connectivity index (χ0v) is 35.3. The Morgan fingerprint density at radius 3 is 1.81 bits per heavy atom. The average Bonchev–Trinajstić information content (AvgIpc) is 3.82. The summed E-state index contributed by atoms with van der Waals surface area (Å²) in [6.45, 7) is 4.82. The highest BCUT2D eigenvalue weighted by Crippen LogP contribution is 2.56. The molecule has 0 saturated carbocycles. The van der Waals surface area contributed by atoms with Crippen molar-refractivity contribution in [1.82, 2.24) is 0 Å². The summed E-state index contributed by atoms with van der Waals surface area (Å²) in [5.41, 5.74) is 19.7. The summed E-state index contributed by atoms with van der Waals surface area (Å²) in [7, 11) is 0. The molecule has 292 valence electrons. The van der Waals surface area contributed by atoms with Gasteiger partial charge in [0.1, 0.15) is 0 Å². The van der Waals surface area contributed by atoms with Crippen molar-refractivity contribution in [3.05, 3.63) is 217 Å². The third-order valence-electron chi connectivity index (χ3n) is 13.6.